The van der Waals surface area contributed by atoms with Crippen molar-refractivity contribution in [2.75, 3.05) is 38.7 Å². The summed E-state index contributed by atoms with van der Waals surface area (Å²) in [5.74, 6) is 0. The first-order chi connectivity index (χ1) is 5.85. The van der Waals surface area contributed by atoms with Crippen molar-refractivity contribution >= 4 is 27.5 Å². The van der Waals surface area contributed by atoms with Crippen molar-refractivity contribution in [1.29, 1.82) is 0 Å². The van der Waals surface area contributed by atoms with Crippen molar-refractivity contribution in [2.24, 2.45) is 0 Å². The number of rotatable bonds is 7. The molecule has 0 aliphatic heterocycles. The molecule has 0 rings (SSSR count). The third-order valence-corrected chi connectivity index (χ3v) is 2.00. The average molecular weight is 257 g/mol. The molecule has 0 radical (unpaired) electrons. The van der Waals surface area contributed by atoms with E-state index in [1.807, 2.05) is 6.08 Å². The molecule has 0 saturated carbocycles. The number of halogens is 2. The predicted octanol–water partition coefficient (Wildman–Crippen LogP) is 2.08. The second-order valence-electron chi connectivity index (χ2n) is 2.34. The summed E-state index contributed by atoms with van der Waals surface area (Å²) >= 11 is 8.82. The highest BCUT2D eigenvalue weighted by atomic mass is 79.9. The average Bonchev–Trinajstić information content (AvgIpc) is 2.10. The molecule has 0 fully saturated rings. The molecule has 2 nitrogen and oxygen atoms in total. The van der Waals surface area contributed by atoms with Gasteiger partial charge in [-0.1, -0.05) is 33.6 Å². The fourth-order valence-corrected chi connectivity index (χ4v) is 1.40. The maximum atomic E-state index is 5.43. The lowest BCUT2D eigenvalue weighted by molar-refractivity contribution is 0.158. The minimum absolute atomic E-state index is 0.767. The van der Waals surface area contributed by atoms with Crippen LogP contribution in [0.5, 0.6) is 0 Å². The summed E-state index contributed by atoms with van der Waals surface area (Å²) in [7, 11) is 1.71. The second kappa shape index (κ2) is 9.52. The smallest absolute Gasteiger partial charge is 0.0589 e. The number of ether oxygens (including phenoxy) is 1. The lowest BCUT2D eigenvalue weighted by atomic mass is 10.4. The molecule has 0 aliphatic rings. The molecule has 0 amide bonds. The lowest BCUT2D eigenvalue weighted by Gasteiger charge is -2.18. The highest BCUT2D eigenvalue weighted by Gasteiger charge is 1.99. The van der Waals surface area contributed by atoms with Crippen molar-refractivity contribution in [2.45, 2.75) is 0 Å². The van der Waals surface area contributed by atoms with Crippen LogP contribution in [0.4, 0.5) is 0 Å². The highest BCUT2D eigenvalue weighted by molar-refractivity contribution is 9.09. The molecular formula is C8H15BrClNO. The topological polar surface area (TPSA) is 12.5 Å². The predicted molar refractivity (Wildman–Crippen MR) is 57.1 cm³/mol. The molecule has 0 aromatic heterocycles. The van der Waals surface area contributed by atoms with Crippen molar-refractivity contribution in [3.63, 3.8) is 0 Å². The molecule has 0 spiro atoms. The van der Waals surface area contributed by atoms with Crippen molar-refractivity contribution in [1.82, 2.24) is 4.90 Å². The molecule has 0 saturated heterocycles. The number of nitrogens with zero attached hydrogens (tertiary/aromatic N) is 1. The monoisotopic (exact) mass is 255 g/mol. The Bertz CT molecular complexity index is 122. The summed E-state index contributed by atoms with van der Waals surface area (Å²) in [4.78, 5) is 2.26. The first-order valence-corrected chi connectivity index (χ1v) is 5.43. The van der Waals surface area contributed by atoms with Crippen LogP contribution in [0.1, 0.15) is 0 Å². The summed E-state index contributed by atoms with van der Waals surface area (Å²) < 4.78 is 4.98. The van der Waals surface area contributed by atoms with Gasteiger partial charge in [0.2, 0.25) is 0 Å². The Hall–Kier alpha value is 0.430. The summed E-state index contributed by atoms with van der Waals surface area (Å²) in [5.41, 5.74) is 1.55. The zero-order valence-corrected chi connectivity index (χ0v) is 9.64. The van der Waals surface area contributed by atoms with Crippen LogP contribution in [-0.2, 0) is 4.74 Å². The Kier molecular flexibility index (Phi) is 9.86. The fourth-order valence-electron chi connectivity index (χ4n) is 0.823. The lowest BCUT2D eigenvalue weighted by Crippen LogP contribution is -2.29. The number of alkyl halides is 1. The van der Waals surface area contributed by atoms with E-state index in [0.29, 0.717) is 0 Å². The molecule has 0 aromatic rings. The quantitative estimate of drug-likeness (QED) is 0.647. The van der Waals surface area contributed by atoms with Gasteiger partial charge in [-0.15, -0.1) is 0 Å². The molecule has 0 atom stereocenters. The van der Waals surface area contributed by atoms with Crippen molar-refractivity contribution in [3.05, 3.63) is 11.6 Å². The van der Waals surface area contributed by atoms with Gasteiger partial charge in [0, 0.05) is 37.6 Å². The van der Waals surface area contributed by atoms with Gasteiger partial charge in [0.1, 0.15) is 0 Å². The minimum Gasteiger partial charge on any atom is -0.383 e. The van der Waals surface area contributed by atoms with Crippen LogP contribution in [-0.4, -0.2) is 43.6 Å². The van der Waals surface area contributed by atoms with Crippen LogP contribution in [0.15, 0.2) is 11.6 Å². The minimum atomic E-state index is 0.767. The van der Waals surface area contributed by atoms with Crippen LogP contribution in [0.2, 0.25) is 0 Å². The number of hydrogen-bond acceptors (Lipinski definition) is 2. The molecule has 0 N–H and O–H groups in total. The maximum absolute atomic E-state index is 5.43. The Morgan fingerprint density at radius 3 is 2.75 bits per heavy atom. The largest absolute Gasteiger partial charge is 0.383 e. The SMILES string of the molecule is COCCN(C/C=C/Cl)CCBr. The van der Waals surface area contributed by atoms with Crippen LogP contribution < -0.4 is 0 Å². The van der Waals surface area contributed by atoms with Gasteiger partial charge in [0.15, 0.2) is 0 Å². The maximum Gasteiger partial charge on any atom is 0.0589 e. The van der Waals surface area contributed by atoms with E-state index in [1.165, 1.54) is 0 Å². The molecule has 72 valence electrons. The highest BCUT2D eigenvalue weighted by Crippen LogP contribution is 1.93. The third-order valence-electron chi connectivity index (χ3n) is 1.47. The molecule has 0 bridgehead atoms. The van der Waals surface area contributed by atoms with Gasteiger partial charge in [-0.2, -0.15) is 0 Å². The van der Waals surface area contributed by atoms with Gasteiger partial charge in [0.05, 0.1) is 6.61 Å². The van der Waals surface area contributed by atoms with E-state index in [-0.39, 0.29) is 0 Å². The van der Waals surface area contributed by atoms with Crippen LogP contribution in [0.3, 0.4) is 0 Å². The van der Waals surface area contributed by atoms with E-state index in [9.17, 15) is 0 Å². The third kappa shape index (κ3) is 7.10. The molecule has 0 aromatic carbocycles. The molecular weight excluding hydrogens is 241 g/mol. The first kappa shape index (κ1) is 12.4. The number of methoxy groups -OCH3 is 1. The summed E-state index contributed by atoms with van der Waals surface area (Å²) in [5, 5.41) is 0.979. The molecule has 0 unspecified atom stereocenters. The summed E-state index contributed by atoms with van der Waals surface area (Å²) in [6.07, 6.45) is 1.93. The van der Waals surface area contributed by atoms with E-state index in [4.69, 9.17) is 16.3 Å². The van der Waals surface area contributed by atoms with Gasteiger partial charge in [-0.3, -0.25) is 4.90 Å². The normalized spacial score (nSPS) is 11.7. The summed E-state index contributed by atoms with van der Waals surface area (Å²) in [6.45, 7) is 3.62. The number of hydrogen-bond donors (Lipinski definition) is 0. The van der Waals surface area contributed by atoms with Gasteiger partial charge in [-0.25, -0.2) is 0 Å². The Balaban J connectivity index is 3.53. The first-order valence-electron chi connectivity index (χ1n) is 3.87. The van der Waals surface area contributed by atoms with Gasteiger partial charge in [0.25, 0.3) is 0 Å². The van der Waals surface area contributed by atoms with Crippen LogP contribution in [0.25, 0.3) is 0 Å². The van der Waals surface area contributed by atoms with Gasteiger partial charge >= 0.3 is 0 Å². The Morgan fingerprint density at radius 1 is 1.50 bits per heavy atom. The second-order valence-corrected chi connectivity index (χ2v) is 3.39. The standard InChI is InChI=1S/C8H15BrClNO/c1-12-8-7-11(6-3-9)5-2-4-10/h2,4H,3,5-8H2,1H3/b4-2+. The summed E-state index contributed by atoms with van der Waals surface area (Å²) in [6, 6.07) is 0. The zero-order chi connectivity index (χ0) is 9.23. The molecule has 0 heterocycles. The fraction of sp³-hybridized carbons (Fsp3) is 0.750. The van der Waals surface area contributed by atoms with E-state index in [2.05, 4.69) is 20.8 Å². The van der Waals surface area contributed by atoms with Crippen molar-refractivity contribution in [3.8, 4) is 0 Å². The Labute approximate surface area is 87.6 Å². The van der Waals surface area contributed by atoms with E-state index in [0.717, 1.165) is 31.6 Å². The van der Waals surface area contributed by atoms with E-state index in [1.54, 1.807) is 12.6 Å². The van der Waals surface area contributed by atoms with Crippen LogP contribution in [0, 0.1) is 0 Å². The van der Waals surface area contributed by atoms with Crippen molar-refractivity contribution < 1.29 is 4.74 Å². The zero-order valence-electron chi connectivity index (χ0n) is 7.30. The van der Waals surface area contributed by atoms with Gasteiger partial charge in [-0.05, 0) is 0 Å². The van der Waals surface area contributed by atoms with Gasteiger partial charge < -0.3 is 4.74 Å². The van der Waals surface area contributed by atoms with Crippen LogP contribution >= 0.6 is 27.5 Å². The van der Waals surface area contributed by atoms with E-state index < -0.39 is 0 Å². The van der Waals surface area contributed by atoms with E-state index >= 15 is 0 Å². The molecule has 12 heavy (non-hydrogen) atoms. The molecule has 4 heteroatoms. The molecule has 0 aliphatic carbocycles. The Morgan fingerprint density at radius 2 is 2.25 bits per heavy atom.